The Morgan fingerprint density at radius 3 is 2.80 bits per heavy atom. The van der Waals surface area contributed by atoms with Crippen LogP contribution in [-0.4, -0.2) is 0 Å². The van der Waals surface area contributed by atoms with Crippen molar-refractivity contribution in [2.24, 2.45) is 0 Å². The van der Waals surface area contributed by atoms with Crippen molar-refractivity contribution in [2.45, 2.75) is 6.92 Å². The van der Waals surface area contributed by atoms with Crippen LogP contribution in [-0.2, 0) is 0 Å². The highest BCUT2D eigenvalue weighted by molar-refractivity contribution is 5.05. The molecule has 0 N–H and O–H groups in total. The van der Waals surface area contributed by atoms with Gasteiger partial charge in [0.05, 0.1) is 1.37 Å². The van der Waals surface area contributed by atoms with Crippen molar-refractivity contribution in [2.75, 3.05) is 0 Å². The maximum atomic E-state index is 6.49. The minimum atomic E-state index is 0.921. The molecule has 5 heavy (non-hydrogen) atoms. The zero-order chi connectivity index (χ0) is 4.99. The summed E-state index contributed by atoms with van der Waals surface area (Å²) in [7, 11) is 0. The molecule has 0 nitrogen and oxygen atoms in total. The van der Waals surface area contributed by atoms with Crippen LogP contribution in [0.25, 0.3) is 0 Å². The van der Waals surface area contributed by atoms with E-state index in [1.807, 2.05) is 6.92 Å². The lowest BCUT2D eigenvalue weighted by Gasteiger charge is -1.71. The fraction of sp³-hybridized carbons (Fsp3) is 0.200. The van der Waals surface area contributed by atoms with Crippen molar-refractivity contribution < 1.29 is 1.37 Å². The Kier molecular flexibility index (Phi) is 0.956. The Morgan fingerprint density at radius 2 is 2.80 bits per heavy atom. The maximum Gasteiger partial charge on any atom is 0.0538 e. The van der Waals surface area contributed by atoms with E-state index in [-0.39, 0.29) is 0 Å². The molecule has 0 saturated heterocycles. The van der Waals surface area contributed by atoms with Crippen molar-refractivity contribution in [3.8, 4) is 0 Å². The number of hydrogen-bond acceptors (Lipinski definition) is 0. The normalized spacial score (nSPS) is 11.8. The highest BCUT2D eigenvalue weighted by atomic mass is 13.7. The van der Waals surface area contributed by atoms with E-state index in [1.165, 1.54) is 6.55 Å². The van der Waals surface area contributed by atoms with Crippen molar-refractivity contribution in [3.05, 3.63) is 24.8 Å². The predicted molar refractivity (Wildman–Crippen MR) is 25.0 cm³/mol. The molecule has 0 aliphatic heterocycles. The zero-order valence-corrected chi connectivity index (χ0v) is 3.36. The van der Waals surface area contributed by atoms with Gasteiger partial charge in [0.25, 0.3) is 0 Å². The Balaban J connectivity index is 3.30. The molecule has 0 saturated carbocycles. The minimum absolute atomic E-state index is 0.921. The number of hydrogen-bond donors (Lipinski definition) is 0. The molecule has 0 aromatic heterocycles. The molecule has 0 radical (unpaired) electrons. The smallest absolute Gasteiger partial charge is 0.0538 e. The fourth-order valence-corrected chi connectivity index (χ4v) is 0. The second kappa shape index (κ2) is 1.77. The van der Waals surface area contributed by atoms with E-state index in [4.69, 9.17) is 1.37 Å². The summed E-state index contributed by atoms with van der Waals surface area (Å²) in [5.41, 5.74) is 0.921. The van der Waals surface area contributed by atoms with Gasteiger partial charge >= 0.3 is 0 Å². The molecule has 0 aliphatic carbocycles. The third-order valence-corrected chi connectivity index (χ3v) is 0.285. The Labute approximate surface area is 34.2 Å². The molecule has 0 amide bonds. The van der Waals surface area contributed by atoms with E-state index in [2.05, 4.69) is 6.58 Å². The highest BCUT2D eigenvalue weighted by Gasteiger charge is 1.59. The highest BCUT2D eigenvalue weighted by Crippen LogP contribution is 1.81. The molecule has 0 aromatic rings. The first-order valence-electron chi connectivity index (χ1n) is 2.05. The topological polar surface area (TPSA) is 0 Å². The van der Waals surface area contributed by atoms with Crippen LogP contribution in [0.15, 0.2) is 24.8 Å². The summed E-state index contributed by atoms with van der Waals surface area (Å²) < 4.78 is 6.49. The fourth-order valence-electron chi connectivity index (χ4n) is 0. The molecule has 0 rings (SSSR count). The largest absolute Gasteiger partial charge is 0.0988 e. The summed E-state index contributed by atoms with van der Waals surface area (Å²) in [6, 6.07) is 0. The quantitative estimate of drug-likeness (QED) is 0.411. The van der Waals surface area contributed by atoms with Gasteiger partial charge < -0.3 is 0 Å². The summed E-state index contributed by atoms with van der Waals surface area (Å²) >= 11 is 0. The molecule has 0 atom stereocenters. The first kappa shape index (κ1) is 2.70. The van der Waals surface area contributed by atoms with Gasteiger partial charge in [-0.15, -0.1) is 0 Å². The standard InChI is InChI=1S/C5H8/c1-4-5(2)3/h4H,1-2H2,3H3/i1D. The lowest BCUT2D eigenvalue weighted by molar-refractivity contribution is 1.58. The van der Waals surface area contributed by atoms with Gasteiger partial charge in [0.1, 0.15) is 0 Å². The van der Waals surface area contributed by atoms with Crippen LogP contribution < -0.4 is 0 Å². The summed E-state index contributed by atoms with van der Waals surface area (Å²) in [5, 5.41) is 0. The third kappa shape index (κ3) is 3.48. The average Bonchev–Trinajstić information content (AvgIpc) is 1.35. The second-order valence-electron chi connectivity index (χ2n) is 1.01. The van der Waals surface area contributed by atoms with E-state index in [0.717, 1.165) is 5.57 Å². The maximum absolute atomic E-state index is 6.49. The monoisotopic (exact) mass is 69.1 g/mol. The van der Waals surface area contributed by atoms with Gasteiger partial charge in [-0.25, -0.2) is 0 Å². The van der Waals surface area contributed by atoms with Crippen LogP contribution >= 0.6 is 0 Å². The van der Waals surface area contributed by atoms with Crippen LogP contribution in [0.4, 0.5) is 0 Å². The lowest BCUT2D eigenvalue weighted by atomic mass is 10.4. The summed E-state index contributed by atoms with van der Waals surface area (Å²) in [4.78, 5) is 0. The predicted octanol–water partition coefficient (Wildman–Crippen LogP) is 1.75. The molecular formula is C5H8. The van der Waals surface area contributed by atoms with E-state index < -0.39 is 0 Å². The van der Waals surface area contributed by atoms with Gasteiger partial charge in [-0.05, 0) is 6.92 Å². The summed E-state index contributed by atoms with van der Waals surface area (Å²) in [6.07, 6.45) is 1.64. The van der Waals surface area contributed by atoms with E-state index in [0.29, 0.717) is 0 Å². The van der Waals surface area contributed by atoms with Crippen molar-refractivity contribution in [1.82, 2.24) is 0 Å². The van der Waals surface area contributed by atoms with E-state index in [9.17, 15) is 0 Å². The van der Waals surface area contributed by atoms with Crippen LogP contribution in [0.3, 0.4) is 0 Å². The van der Waals surface area contributed by atoms with Gasteiger partial charge in [-0.2, -0.15) is 0 Å². The van der Waals surface area contributed by atoms with Gasteiger partial charge in [-0.1, -0.05) is 24.8 Å². The molecule has 28 valence electrons. The van der Waals surface area contributed by atoms with Crippen molar-refractivity contribution >= 4 is 0 Å². The SMILES string of the molecule is [2H]C=CC(=C)C. The van der Waals surface area contributed by atoms with Crippen LogP contribution in [0.1, 0.15) is 8.29 Å². The third-order valence-electron chi connectivity index (χ3n) is 0.285. The zero-order valence-electron chi connectivity index (χ0n) is 4.36. The average molecular weight is 69.1 g/mol. The molecule has 0 unspecified atom stereocenters. The second-order valence-corrected chi connectivity index (χ2v) is 1.01. The Bertz CT molecular complexity index is 72.0. The molecule has 0 bridgehead atoms. The molecule has 0 aromatic carbocycles. The lowest BCUT2D eigenvalue weighted by Crippen LogP contribution is -1.50. The van der Waals surface area contributed by atoms with Gasteiger partial charge in [0.15, 0.2) is 0 Å². The van der Waals surface area contributed by atoms with Crippen molar-refractivity contribution in [1.29, 1.82) is 0 Å². The first-order chi connectivity index (χ1) is 2.77. The van der Waals surface area contributed by atoms with Gasteiger partial charge in [0, 0.05) is 0 Å². The molecule has 0 spiro atoms. The van der Waals surface area contributed by atoms with Crippen LogP contribution in [0.2, 0.25) is 0 Å². The van der Waals surface area contributed by atoms with Gasteiger partial charge in [-0.3, -0.25) is 0 Å². The van der Waals surface area contributed by atoms with Crippen LogP contribution in [0.5, 0.6) is 0 Å². The van der Waals surface area contributed by atoms with E-state index >= 15 is 0 Å². The molecular weight excluding hydrogens is 60.1 g/mol. The Hall–Kier alpha value is -0.520. The van der Waals surface area contributed by atoms with Crippen molar-refractivity contribution in [3.63, 3.8) is 0 Å². The number of rotatable bonds is 1. The van der Waals surface area contributed by atoms with Crippen LogP contribution in [0, 0.1) is 0 Å². The van der Waals surface area contributed by atoms with E-state index in [1.54, 1.807) is 6.08 Å². The molecule has 0 fully saturated rings. The van der Waals surface area contributed by atoms with Gasteiger partial charge in [0.2, 0.25) is 0 Å². The molecule has 0 heteroatoms. The minimum Gasteiger partial charge on any atom is -0.0988 e. The number of allylic oxidation sites excluding steroid dienone is 2. The summed E-state index contributed by atoms with van der Waals surface area (Å²) in [5.74, 6) is 0. The summed E-state index contributed by atoms with van der Waals surface area (Å²) in [6.45, 7) is 6.61. The Morgan fingerprint density at radius 1 is 2.20 bits per heavy atom. The molecule has 0 aliphatic rings. The first-order valence-corrected chi connectivity index (χ1v) is 1.48. The molecule has 0 heterocycles.